The van der Waals surface area contributed by atoms with Crippen molar-refractivity contribution in [3.05, 3.63) is 0 Å². The zero-order valence-corrected chi connectivity index (χ0v) is 12.7. The van der Waals surface area contributed by atoms with E-state index in [-0.39, 0.29) is 19.2 Å². The summed E-state index contributed by atoms with van der Waals surface area (Å²) in [6.45, 7) is 4.72. The summed E-state index contributed by atoms with van der Waals surface area (Å²) in [5.74, 6) is -0.446. The molecule has 2 aliphatic rings. The van der Waals surface area contributed by atoms with Crippen LogP contribution in [0.5, 0.6) is 0 Å². The Bertz CT molecular complexity index is 396. The molecule has 0 bridgehead atoms. The summed E-state index contributed by atoms with van der Waals surface area (Å²) < 4.78 is 5.21. The number of nitrogens with one attached hydrogen (secondary N) is 2. The van der Waals surface area contributed by atoms with Crippen LogP contribution < -0.4 is 10.6 Å². The van der Waals surface area contributed by atoms with Crippen molar-refractivity contribution in [3.8, 4) is 0 Å². The number of amides is 2. The van der Waals surface area contributed by atoms with Gasteiger partial charge >= 0.3 is 12.0 Å². The van der Waals surface area contributed by atoms with Crippen molar-refractivity contribution in [3.63, 3.8) is 0 Å². The van der Waals surface area contributed by atoms with Crippen LogP contribution in [0.3, 0.4) is 0 Å². The molecule has 2 fully saturated rings. The molecule has 2 amide bonds. The smallest absolute Gasteiger partial charge is 0.315 e. The summed E-state index contributed by atoms with van der Waals surface area (Å²) in [5.41, 5.74) is -1.05. The maximum atomic E-state index is 11.9. The van der Waals surface area contributed by atoms with Gasteiger partial charge in [0, 0.05) is 6.54 Å². The molecule has 0 aliphatic carbocycles. The van der Waals surface area contributed by atoms with Crippen LogP contribution in [0.25, 0.3) is 0 Å². The van der Waals surface area contributed by atoms with Gasteiger partial charge in [-0.25, -0.2) is 4.79 Å². The minimum absolute atomic E-state index is 0.127. The van der Waals surface area contributed by atoms with Crippen LogP contribution in [-0.2, 0) is 9.53 Å². The van der Waals surface area contributed by atoms with Gasteiger partial charge in [-0.1, -0.05) is 0 Å². The van der Waals surface area contributed by atoms with E-state index in [9.17, 15) is 14.7 Å². The van der Waals surface area contributed by atoms with Crippen molar-refractivity contribution in [1.82, 2.24) is 15.5 Å². The quantitative estimate of drug-likeness (QED) is 0.686. The molecule has 2 saturated heterocycles. The van der Waals surface area contributed by atoms with Gasteiger partial charge in [-0.15, -0.1) is 0 Å². The number of urea groups is 1. The van der Waals surface area contributed by atoms with Crippen LogP contribution in [0.1, 0.15) is 19.8 Å². The van der Waals surface area contributed by atoms with Gasteiger partial charge in [0.2, 0.25) is 0 Å². The third-order valence-corrected chi connectivity index (χ3v) is 4.64. The minimum atomic E-state index is -1.05. The number of hydrogen-bond acceptors (Lipinski definition) is 4. The highest BCUT2D eigenvalue weighted by Gasteiger charge is 2.47. The lowest BCUT2D eigenvalue weighted by molar-refractivity contribution is -0.148. The predicted octanol–water partition coefficient (Wildman–Crippen LogP) is 0.117. The zero-order chi connectivity index (χ0) is 15.5. The molecule has 0 aromatic rings. The number of hydrogen-bond donors (Lipinski definition) is 3. The first-order valence-electron chi connectivity index (χ1n) is 7.46. The van der Waals surface area contributed by atoms with Gasteiger partial charge < -0.3 is 25.4 Å². The van der Waals surface area contributed by atoms with Gasteiger partial charge in [-0.2, -0.15) is 0 Å². The van der Waals surface area contributed by atoms with Crippen LogP contribution in [0.15, 0.2) is 0 Å². The average Bonchev–Trinajstić information content (AvgIpc) is 2.81. The van der Waals surface area contributed by atoms with Crippen molar-refractivity contribution in [1.29, 1.82) is 0 Å². The summed E-state index contributed by atoms with van der Waals surface area (Å²) >= 11 is 0. The number of carbonyl (C=O) groups excluding carboxylic acids is 1. The van der Waals surface area contributed by atoms with E-state index in [1.165, 1.54) is 0 Å². The molecule has 2 unspecified atom stereocenters. The third-order valence-electron chi connectivity index (χ3n) is 4.64. The maximum absolute atomic E-state index is 11.9. The van der Waals surface area contributed by atoms with E-state index in [0.717, 1.165) is 25.9 Å². The molecule has 2 rings (SSSR count). The van der Waals surface area contributed by atoms with E-state index in [1.807, 2.05) is 0 Å². The summed E-state index contributed by atoms with van der Waals surface area (Å²) in [6, 6.07) is -0.801. The molecule has 2 atom stereocenters. The number of carboxylic acid groups (broad SMARTS) is 1. The first-order valence-corrected chi connectivity index (χ1v) is 7.46. The summed E-state index contributed by atoms with van der Waals surface area (Å²) in [7, 11) is 2.10. The van der Waals surface area contributed by atoms with E-state index < -0.39 is 17.4 Å². The fraction of sp³-hybridized carbons (Fsp3) is 0.857. The fourth-order valence-electron chi connectivity index (χ4n) is 2.80. The highest BCUT2D eigenvalue weighted by Crippen LogP contribution is 2.28. The first kappa shape index (κ1) is 16.0. The number of piperidine rings is 1. The molecule has 120 valence electrons. The molecule has 2 heterocycles. The normalized spacial score (nSPS) is 31.0. The lowest BCUT2D eigenvalue weighted by Crippen LogP contribution is -2.53. The molecular weight excluding hydrogens is 274 g/mol. The molecule has 0 spiro atoms. The molecule has 0 aromatic carbocycles. The lowest BCUT2D eigenvalue weighted by Gasteiger charge is -2.29. The molecule has 3 N–H and O–H groups in total. The van der Waals surface area contributed by atoms with Crippen molar-refractivity contribution >= 4 is 12.0 Å². The molecule has 0 saturated carbocycles. The second-order valence-electron chi connectivity index (χ2n) is 6.39. The van der Waals surface area contributed by atoms with Crippen LogP contribution in [0.2, 0.25) is 0 Å². The van der Waals surface area contributed by atoms with Gasteiger partial charge in [0.05, 0.1) is 19.3 Å². The largest absolute Gasteiger partial charge is 0.481 e. The number of ether oxygens (including phenoxy) is 1. The Morgan fingerprint density at radius 2 is 2.05 bits per heavy atom. The Balaban J connectivity index is 1.75. The monoisotopic (exact) mass is 299 g/mol. The Morgan fingerprint density at radius 3 is 2.67 bits per heavy atom. The van der Waals surface area contributed by atoms with Crippen molar-refractivity contribution in [2.75, 3.05) is 39.9 Å². The molecule has 0 radical (unpaired) electrons. The first-order chi connectivity index (χ1) is 9.91. The SMILES string of the molecule is CN1CCC(CNC(=O)NC2COCC2(C)C(=O)O)CC1. The Kier molecular flexibility index (Phi) is 5.05. The van der Waals surface area contributed by atoms with E-state index in [4.69, 9.17) is 4.74 Å². The number of rotatable bonds is 4. The molecular formula is C14H25N3O4. The number of carbonyl (C=O) groups is 2. The van der Waals surface area contributed by atoms with E-state index >= 15 is 0 Å². The molecule has 7 heteroatoms. The third kappa shape index (κ3) is 3.85. The summed E-state index contributed by atoms with van der Waals surface area (Å²) in [6.07, 6.45) is 2.16. The van der Waals surface area contributed by atoms with E-state index in [2.05, 4.69) is 22.6 Å². The van der Waals surface area contributed by atoms with Crippen LogP contribution in [0, 0.1) is 11.3 Å². The fourth-order valence-corrected chi connectivity index (χ4v) is 2.80. The molecule has 7 nitrogen and oxygen atoms in total. The van der Waals surface area contributed by atoms with Gasteiger partial charge in [-0.05, 0) is 45.8 Å². The maximum Gasteiger partial charge on any atom is 0.315 e. The van der Waals surface area contributed by atoms with Crippen molar-refractivity contribution in [2.24, 2.45) is 11.3 Å². The topological polar surface area (TPSA) is 90.9 Å². The summed E-state index contributed by atoms with van der Waals surface area (Å²) in [5, 5.41) is 14.8. The highest BCUT2D eigenvalue weighted by atomic mass is 16.5. The number of nitrogens with zero attached hydrogens (tertiary/aromatic N) is 1. The molecule has 2 aliphatic heterocycles. The van der Waals surface area contributed by atoms with Crippen molar-refractivity contribution < 1.29 is 19.4 Å². The van der Waals surface area contributed by atoms with E-state index in [0.29, 0.717) is 12.5 Å². The van der Waals surface area contributed by atoms with Crippen LogP contribution in [-0.4, -0.2) is 67.9 Å². The second-order valence-corrected chi connectivity index (χ2v) is 6.39. The van der Waals surface area contributed by atoms with Crippen LogP contribution in [0.4, 0.5) is 4.79 Å². The number of likely N-dealkylation sites (tertiary alicyclic amines) is 1. The minimum Gasteiger partial charge on any atom is -0.481 e. The second kappa shape index (κ2) is 6.62. The standard InChI is InChI=1S/C14H25N3O4/c1-14(12(18)19)9-21-8-11(14)16-13(20)15-7-10-3-5-17(2)6-4-10/h10-11H,3-9H2,1-2H3,(H,18,19)(H2,15,16,20). The Labute approximate surface area is 125 Å². The molecule has 21 heavy (non-hydrogen) atoms. The van der Waals surface area contributed by atoms with Crippen LogP contribution >= 0.6 is 0 Å². The Morgan fingerprint density at radius 1 is 1.38 bits per heavy atom. The molecule has 0 aromatic heterocycles. The zero-order valence-electron chi connectivity index (χ0n) is 12.7. The van der Waals surface area contributed by atoms with Gasteiger partial charge in [0.1, 0.15) is 5.41 Å². The predicted molar refractivity (Wildman–Crippen MR) is 77.1 cm³/mol. The number of carboxylic acids is 1. The Hall–Kier alpha value is -1.34. The van der Waals surface area contributed by atoms with Crippen molar-refractivity contribution in [2.45, 2.75) is 25.8 Å². The average molecular weight is 299 g/mol. The van der Waals surface area contributed by atoms with E-state index in [1.54, 1.807) is 6.92 Å². The van der Waals surface area contributed by atoms with Gasteiger partial charge in [0.15, 0.2) is 0 Å². The van der Waals surface area contributed by atoms with Gasteiger partial charge in [0.25, 0.3) is 0 Å². The lowest BCUT2D eigenvalue weighted by atomic mass is 9.85. The summed E-state index contributed by atoms with van der Waals surface area (Å²) in [4.78, 5) is 25.5. The number of aliphatic carboxylic acids is 1. The highest BCUT2D eigenvalue weighted by molar-refractivity contribution is 5.79. The van der Waals surface area contributed by atoms with Gasteiger partial charge in [-0.3, -0.25) is 4.79 Å².